The molecule has 0 saturated carbocycles. The molecule has 2 heterocycles. The number of fused-ring (bicyclic) bond motifs is 1. The van der Waals surface area contributed by atoms with Gasteiger partial charge in [-0.3, -0.25) is 4.57 Å². The molecule has 164 valence electrons. The number of para-hydroxylation sites is 2. The molecule has 4 rings (SSSR count). The van der Waals surface area contributed by atoms with Crippen LogP contribution >= 0.6 is 0 Å². The van der Waals surface area contributed by atoms with Crippen molar-refractivity contribution in [2.45, 2.75) is 51.8 Å². The molecule has 0 radical (unpaired) electrons. The number of nitrogens with zero attached hydrogens (tertiary/aromatic N) is 3. The Morgan fingerprint density at radius 1 is 1.16 bits per heavy atom. The van der Waals surface area contributed by atoms with Crippen LogP contribution in [0.3, 0.4) is 0 Å². The fraction of sp³-hybridized carbons (Fsp3) is 0.417. The van der Waals surface area contributed by atoms with Crippen LogP contribution in [-0.2, 0) is 11.3 Å². The van der Waals surface area contributed by atoms with Gasteiger partial charge in [-0.25, -0.2) is 9.18 Å². The van der Waals surface area contributed by atoms with E-state index in [1.165, 1.54) is 12.1 Å². The van der Waals surface area contributed by atoms with Gasteiger partial charge in [0.15, 0.2) is 0 Å². The molecule has 1 saturated heterocycles. The minimum Gasteiger partial charge on any atom is -0.462 e. The number of likely N-dealkylation sites (tertiary alicyclic amines) is 1. The molecule has 6 nitrogen and oxygen atoms in total. The smallest absolute Gasteiger partial charge is 0.410 e. The minimum atomic E-state index is -0.534. The van der Waals surface area contributed by atoms with E-state index in [9.17, 15) is 9.18 Å². The van der Waals surface area contributed by atoms with E-state index >= 15 is 0 Å². The summed E-state index contributed by atoms with van der Waals surface area (Å²) in [4.78, 5) is 19.0. The predicted molar refractivity (Wildman–Crippen MR) is 117 cm³/mol. The molecule has 1 atom stereocenters. The Kier molecular flexibility index (Phi) is 5.85. The van der Waals surface area contributed by atoms with Crippen LogP contribution in [0.25, 0.3) is 11.0 Å². The lowest BCUT2D eigenvalue weighted by atomic mass is 10.2. The number of ether oxygens (including phenoxy) is 2. The first-order chi connectivity index (χ1) is 14.8. The lowest BCUT2D eigenvalue weighted by Crippen LogP contribution is -2.42. The largest absolute Gasteiger partial charge is 0.462 e. The van der Waals surface area contributed by atoms with E-state index in [4.69, 9.17) is 9.47 Å². The average Bonchev–Trinajstić information content (AvgIpc) is 3.32. The zero-order valence-electron chi connectivity index (χ0n) is 18.2. The summed E-state index contributed by atoms with van der Waals surface area (Å²) in [5, 5.41) is 0. The summed E-state index contributed by atoms with van der Waals surface area (Å²) >= 11 is 0. The first kappa shape index (κ1) is 21.2. The van der Waals surface area contributed by atoms with E-state index in [1.807, 2.05) is 49.6 Å². The molecular weight excluding hydrogens is 397 g/mol. The summed E-state index contributed by atoms with van der Waals surface area (Å²) in [6, 6.07) is 14.7. The standard InChI is InChI=1S/C24H28FN3O3/c1-24(2,3)31-23(29)27-14-6-7-19(27)16-30-22-26-20-8-4-5-9-21(20)28(22)15-17-10-12-18(25)13-11-17/h4-5,8-13,19H,6-7,14-16H2,1-3H3/t19-/m1/s1. The van der Waals surface area contributed by atoms with Gasteiger partial charge in [-0.1, -0.05) is 24.3 Å². The highest BCUT2D eigenvalue weighted by Crippen LogP contribution is 2.25. The molecule has 31 heavy (non-hydrogen) atoms. The molecule has 7 heteroatoms. The van der Waals surface area contributed by atoms with Gasteiger partial charge < -0.3 is 14.4 Å². The van der Waals surface area contributed by atoms with Gasteiger partial charge in [-0.15, -0.1) is 0 Å². The zero-order valence-corrected chi connectivity index (χ0v) is 18.2. The second kappa shape index (κ2) is 8.57. The number of amides is 1. The third kappa shape index (κ3) is 4.98. The van der Waals surface area contributed by atoms with Crippen LogP contribution in [-0.4, -0.2) is 45.3 Å². The quantitative estimate of drug-likeness (QED) is 0.577. The van der Waals surface area contributed by atoms with Crippen LogP contribution in [0.1, 0.15) is 39.2 Å². The van der Waals surface area contributed by atoms with Crippen LogP contribution in [0.5, 0.6) is 6.01 Å². The third-order valence-electron chi connectivity index (χ3n) is 5.28. The van der Waals surface area contributed by atoms with Gasteiger partial charge in [-0.05, 0) is 63.4 Å². The topological polar surface area (TPSA) is 56.6 Å². The van der Waals surface area contributed by atoms with Crippen molar-refractivity contribution in [3.63, 3.8) is 0 Å². The number of benzene rings is 2. The molecule has 0 N–H and O–H groups in total. The van der Waals surface area contributed by atoms with Gasteiger partial charge in [0.25, 0.3) is 6.01 Å². The highest BCUT2D eigenvalue weighted by Gasteiger charge is 2.33. The number of aromatic nitrogens is 2. The maximum atomic E-state index is 13.3. The van der Waals surface area contributed by atoms with E-state index in [1.54, 1.807) is 17.0 Å². The van der Waals surface area contributed by atoms with Crippen molar-refractivity contribution in [1.29, 1.82) is 0 Å². The third-order valence-corrected chi connectivity index (χ3v) is 5.28. The molecule has 1 aliphatic rings. The number of rotatable bonds is 5. The zero-order chi connectivity index (χ0) is 22.0. The molecule has 1 amide bonds. The van der Waals surface area contributed by atoms with Gasteiger partial charge in [0, 0.05) is 6.54 Å². The van der Waals surface area contributed by atoms with Crippen molar-refractivity contribution in [2.24, 2.45) is 0 Å². The summed E-state index contributed by atoms with van der Waals surface area (Å²) < 4.78 is 27.0. The summed E-state index contributed by atoms with van der Waals surface area (Å²) in [5.74, 6) is -0.265. The predicted octanol–water partition coefficient (Wildman–Crippen LogP) is 5.00. The van der Waals surface area contributed by atoms with Crippen molar-refractivity contribution in [2.75, 3.05) is 13.2 Å². The monoisotopic (exact) mass is 425 g/mol. The van der Waals surface area contributed by atoms with Crippen LogP contribution < -0.4 is 4.74 Å². The molecule has 0 bridgehead atoms. The molecule has 0 aliphatic carbocycles. The minimum absolute atomic E-state index is 0.0612. The Bertz CT molecular complexity index is 1060. The van der Waals surface area contributed by atoms with Gasteiger partial charge >= 0.3 is 6.09 Å². The SMILES string of the molecule is CC(C)(C)OC(=O)N1CCC[C@@H]1COc1nc2ccccc2n1Cc1ccc(F)cc1. The fourth-order valence-electron chi connectivity index (χ4n) is 3.83. The number of carbonyl (C=O) groups excluding carboxylic acids is 1. The van der Waals surface area contributed by atoms with E-state index in [2.05, 4.69) is 4.98 Å². The number of carbonyl (C=O) groups is 1. The molecule has 3 aromatic rings. The molecule has 1 aliphatic heterocycles. The van der Waals surface area contributed by atoms with Crippen LogP contribution in [0.15, 0.2) is 48.5 Å². The summed E-state index contributed by atoms with van der Waals surface area (Å²) in [6.07, 6.45) is 1.47. The number of hydrogen-bond acceptors (Lipinski definition) is 4. The Balaban J connectivity index is 1.53. The first-order valence-electron chi connectivity index (χ1n) is 10.6. The van der Waals surface area contributed by atoms with Gasteiger partial charge in [0.05, 0.1) is 23.6 Å². The fourth-order valence-corrected chi connectivity index (χ4v) is 3.83. The lowest BCUT2D eigenvalue weighted by Gasteiger charge is -2.28. The average molecular weight is 426 g/mol. The van der Waals surface area contributed by atoms with E-state index in [0.29, 0.717) is 25.7 Å². The van der Waals surface area contributed by atoms with Crippen molar-refractivity contribution < 1.29 is 18.7 Å². The van der Waals surface area contributed by atoms with Gasteiger partial charge in [-0.2, -0.15) is 4.98 Å². The summed E-state index contributed by atoms with van der Waals surface area (Å²) in [7, 11) is 0. The van der Waals surface area contributed by atoms with Crippen molar-refractivity contribution in [3.05, 3.63) is 59.9 Å². The highest BCUT2D eigenvalue weighted by molar-refractivity contribution is 5.76. The first-order valence-corrected chi connectivity index (χ1v) is 10.6. The summed E-state index contributed by atoms with van der Waals surface area (Å²) in [6.45, 7) is 7.11. The molecule has 1 aromatic heterocycles. The molecule has 0 unspecified atom stereocenters. The second-order valence-corrected chi connectivity index (χ2v) is 8.88. The van der Waals surface area contributed by atoms with E-state index in [0.717, 1.165) is 29.4 Å². The van der Waals surface area contributed by atoms with E-state index in [-0.39, 0.29) is 18.0 Å². The maximum Gasteiger partial charge on any atom is 0.410 e. The van der Waals surface area contributed by atoms with Crippen LogP contribution in [0.4, 0.5) is 9.18 Å². The maximum absolute atomic E-state index is 13.3. The molecule has 2 aromatic carbocycles. The van der Waals surface area contributed by atoms with Crippen molar-refractivity contribution in [3.8, 4) is 6.01 Å². The Labute approximate surface area is 181 Å². The number of halogens is 1. The van der Waals surface area contributed by atoms with Crippen molar-refractivity contribution in [1.82, 2.24) is 14.5 Å². The second-order valence-electron chi connectivity index (χ2n) is 8.88. The Hall–Kier alpha value is -3.09. The van der Waals surface area contributed by atoms with Gasteiger partial charge in [0.2, 0.25) is 0 Å². The Morgan fingerprint density at radius 2 is 1.90 bits per heavy atom. The molecule has 1 fully saturated rings. The van der Waals surface area contributed by atoms with E-state index < -0.39 is 5.60 Å². The number of imidazole rings is 1. The summed E-state index contributed by atoms with van der Waals surface area (Å²) in [5.41, 5.74) is 2.19. The normalized spacial score (nSPS) is 16.6. The molecule has 0 spiro atoms. The lowest BCUT2D eigenvalue weighted by molar-refractivity contribution is 0.0183. The van der Waals surface area contributed by atoms with Crippen LogP contribution in [0.2, 0.25) is 0 Å². The van der Waals surface area contributed by atoms with Crippen molar-refractivity contribution >= 4 is 17.1 Å². The number of hydrogen-bond donors (Lipinski definition) is 0. The van der Waals surface area contributed by atoms with Crippen LogP contribution in [0, 0.1) is 5.82 Å². The molecular formula is C24H28FN3O3. The highest BCUT2D eigenvalue weighted by atomic mass is 19.1. The Morgan fingerprint density at radius 3 is 2.65 bits per heavy atom. The van der Waals surface area contributed by atoms with Gasteiger partial charge in [0.1, 0.15) is 18.0 Å².